The molecule has 164 valence electrons. The Balaban J connectivity index is 1.58. The minimum atomic E-state index is -3.18. The number of rotatable bonds is 5. The molecule has 1 aromatic carbocycles. The second-order valence-corrected chi connectivity index (χ2v) is 9.85. The van der Waals surface area contributed by atoms with Crippen molar-refractivity contribution < 1.29 is 12.8 Å². The number of anilines is 1. The molecule has 0 aliphatic carbocycles. The molecule has 0 radical (unpaired) electrons. The molecule has 0 atom stereocenters. The number of halogens is 1. The topological polar surface area (TPSA) is 97.2 Å². The maximum Gasteiger partial charge on any atom is 0.259 e. The van der Waals surface area contributed by atoms with E-state index in [1.165, 1.54) is 14.9 Å². The van der Waals surface area contributed by atoms with Gasteiger partial charge in [-0.25, -0.2) is 22.1 Å². The number of hydrogen-bond acceptors (Lipinski definition) is 6. The fourth-order valence-electron chi connectivity index (χ4n) is 3.83. The van der Waals surface area contributed by atoms with Gasteiger partial charge in [-0.3, -0.25) is 9.36 Å². The molecule has 0 unspecified atom stereocenters. The van der Waals surface area contributed by atoms with Gasteiger partial charge in [0, 0.05) is 43.3 Å². The van der Waals surface area contributed by atoms with Crippen LogP contribution in [-0.2, 0) is 17.1 Å². The van der Waals surface area contributed by atoms with Crippen LogP contribution in [0.15, 0.2) is 41.3 Å². The molecule has 31 heavy (non-hydrogen) atoms. The van der Waals surface area contributed by atoms with Gasteiger partial charge < -0.3 is 5.32 Å². The zero-order chi connectivity index (χ0) is 22.2. The molecule has 2 aromatic heterocycles. The molecule has 1 aliphatic rings. The summed E-state index contributed by atoms with van der Waals surface area (Å²) in [4.78, 5) is 21.7. The van der Waals surface area contributed by atoms with Crippen molar-refractivity contribution in [2.45, 2.75) is 25.8 Å². The van der Waals surface area contributed by atoms with Gasteiger partial charge in [0.05, 0.1) is 11.3 Å². The van der Waals surface area contributed by atoms with Gasteiger partial charge in [-0.1, -0.05) is 18.2 Å². The van der Waals surface area contributed by atoms with E-state index in [1.807, 2.05) is 0 Å². The number of nitrogens with zero attached hydrogens (tertiary/aromatic N) is 4. The van der Waals surface area contributed by atoms with Crippen LogP contribution in [0.5, 0.6) is 0 Å². The summed E-state index contributed by atoms with van der Waals surface area (Å²) in [5.74, 6) is 0.00873. The van der Waals surface area contributed by atoms with Crippen molar-refractivity contribution in [1.82, 2.24) is 18.8 Å². The zero-order valence-corrected chi connectivity index (χ0v) is 18.2. The fourth-order valence-corrected chi connectivity index (χ4v) is 4.96. The lowest BCUT2D eigenvalue weighted by molar-refractivity contribution is 0.329. The van der Waals surface area contributed by atoms with E-state index in [4.69, 9.17) is 0 Å². The van der Waals surface area contributed by atoms with E-state index in [2.05, 4.69) is 15.3 Å². The van der Waals surface area contributed by atoms with Gasteiger partial charge in [-0.05, 0) is 31.9 Å². The average molecular weight is 446 g/mol. The summed E-state index contributed by atoms with van der Waals surface area (Å²) in [7, 11) is -1.58. The number of fused-ring (bicyclic) bond motifs is 1. The molecule has 4 rings (SSSR count). The number of nitrogens with one attached hydrogen (secondary N) is 1. The smallest absolute Gasteiger partial charge is 0.259 e. The number of piperidine rings is 1. The van der Waals surface area contributed by atoms with Gasteiger partial charge in [-0.15, -0.1) is 0 Å². The summed E-state index contributed by atoms with van der Waals surface area (Å²) in [6.45, 7) is 2.54. The maximum absolute atomic E-state index is 14.2. The second-order valence-electron chi connectivity index (χ2n) is 7.59. The Morgan fingerprint density at radius 3 is 2.58 bits per heavy atom. The summed E-state index contributed by atoms with van der Waals surface area (Å²) in [6.07, 6.45) is 2.89. The SMILES string of the molecule is CCS(=O)(=O)N1CCC(Nc2ncc3cc(-c4ccccc4F)c(=O)n(C)c3n2)CC1. The number of sulfonamides is 1. The van der Waals surface area contributed by atoms with Gasteiger partial charge in [0.2, 0.25) is 16.0 Å². The van der Waals surface area contributed by atoms with Gasteiger partial charge in [0.1, 0.15) is 11.5 Å². The van der Waals surface area contributed by atoms with Crippen molar-refractivity contribution in [3.63, 3.8) is 0 Å². The van der Waals surface area contributed by atoms with Crippen LogP contribution < -0.4 is 10.9 Å². The van der Waals surface area contributed by atoms with Crippen LogP contribution in [0.25, 0.3) is 22.2 Å². The first-order valence-electron chi connectivity index (χ1n) is 10.2. The standard InChI is InChI=1S/C21H24FN5O3S/c1-3-31(29,30)27-10-8-15(9-11-27)24-21-23-13-14-12-17(16-6-4-5-7-18(16)22)20(28)26(2)19(14)25-21/h4-7,12-13,15H,3,8-11H2,1-2H3,(H,23,24,25). The highest BCUT2D eigenvalue weighted by molar-refractivity contribution is 7.89. The lowest BCUT2D eigenvalue weighted by Crippen LogP contribution is -2.43. The zero-order valence-electron chi connectivity index (χ0n) is 17.4. The Bertz CT molecular complexity index is 1280. The quantitative estimate of drug-likeness (QED) is 0.648. The molecular formula is C21H24FN5O3S. The summed E-state index contributed by atoms with van der Waals surface area (Å²) < 4.78 is 41.1. The van der Waals surface area contributed by atoms with Gasteiger partial charge in [0.15, 0.2) is 0 Å². The van der Waals surface area contributed by atoms with Gasteiger partial charge >= 0.3 is 0 Å². The van der Waals surface area contributed by atoms with Crippen molar-refractivity contribution in [2.24, 2.45) is 7.05 Å². The molecule has 1 fully saturated rings. The molecule has 0 amide bonds. The third-order valence-corrected chi connectivity index (χ3v) is 7.54. The second kappa shape index (κ2) is 8.35. The minimum absolute atomic E-state index is 0.0375. The first kappa shape index (κ1) is 21.4. The molecule has 0 spiro atoms. The Labute approximate surface area is 179 Å². The monoisotopic (exact) mass is 445 g/mol. The number of benzene rings is 1. The third kappa shape index (κ3) is 4.17. The molecule has 0 bridgehead atoms. The van der Waals surface area contributed by atoms with Crippen LogP contribution in [-0.4, -0.2) is 52.1 Å². The van der Waals surface area contributed by atoms with Crippen LogP contribution >= 0.6 is 0 Å². The highest BCUT2D eigenvalue weighted by Gasteiger charge is 2.27. The summed E-state index contributed by atoms with van der Waals surface area (Å²) in [6, 6.07) is 7.79. The molecular weight excluding hydrogens is 421 g/mol. The molecule has 3 heterocycles. The van der Waals surface area contributed by atoms with Crippen molar-refractivity contribution >= 4 is 27.0 Å². The van der Waals surface area contributed by atoms with E-state index in [-0.39, 0.29) is 28.5 Å². The molecule has 0 saturated carbocycles. The van der Waals surface area contributed by atoms with Gasteiger partial charge in [-0.2, -0.15) is 4.98 Å². The highest BCUT2D eigenvalue weighted by atomic mass is 32.2. The molecule has 10 heteroatoms. The number of aromatic nitrogens is 3. The van der Waals surface area contributed by atoms with Crippen LogP contribution in [0.4, 0.5) is 10.3 Å². The van der Waals surface area contributed by atoms with Crippen molar-refractivity contribution in [3.05, 3.63) is 52.7 Å². The van der Waals surface area contributed by atoms with Crippen molar-refractivity contribution in [1.29, 1.82) is 0 Å². The Morgan fingerprint density at radius 1 is 1.19 bits per heavy atom. The summed E-state index contributed by atoms with van der Waals surface area (Å²) in [5.41, 5.74) is 0.580. The third-order valence-electron chi connectivity index (χ3n) is 5.66. The van der Waals surface area contributed by atoms with Crippen LogP contribution in [0.2, 0.25) is 0 Å². The lowest BCUT2D eigenvalue weighted by atomic mass is 10.1. The summed E-state index contributed by atoms with van der Waals surface area (Å²) >= 11 is 0. The number of hydrogen-bond donors (Lipinski definition) is 1. The van der Waals surface area contributed by atoms with Crippen LogP contribution in [0, 0.1) is 5.82 Å². The number of pyridine rings is 1. The van der Waals surface area contributed by atoms with E-state index in [1.54, 1.807) is 44.4 Å². The predicted octanol–water partition coefficient (Wildman–Crippen LogP) is 2.36. The largest absolute Gasteiger partial charge is 0.351 e. The van der Waals surface area contributed by atoms with E-state index in [0.717, 1.165) is 0 Å². The predicted molar refractivity (Wildman–Crippen MR) is 118 cm³/mol. The highest BCUT2D eigenvalue weighted by Crippen LogP contribution is 2.23. The van der Waals surface area contributed by atoms with E-state index < -0.39 is 15.8 Å². The Kier molecular flexibility index (Phi) is 5.76. The number of aryl methyl sites for hydroxylation is 1. The summed E-state index contributed by atoms with van der Waals surface area (Å²) in [5, 5.41) is 3.87. The van der Waals surface area contributed by atoms with Crippen molar-refractivity contribution in [3.8, 4) is 11.1 Å². The Hall–Kier alpha value is -2.85. The lowest BCUT2D eigenvalue weighted by Gasteiger charge is -2.31. The fraction of sp³-hybridized carbons (Fsp3) is 0.381. The Morgan fingerprint density at radius 2 is 1.90 bits per heavy atom. The first-order chi connectivity index (χ1) is 14.8. The van der Waals surface area contributed by atoms with Crippen LogP contribution in [0.3, 0.4) is 0 Å². The molecule has 8 nitrogen and oxygen atoms in total. The molecule has 1 saturated heterocycles. The van der Waals surface area contributed by atoms with Crippen LogP contribution in [0.1, 0.15) is 19.8 Å². The molecule has 3 aromatic rings. The first-order valence-corrected chi connectivity index (χ1v) is 11.8. The van der Waals surface area contributed by atoms with E-state index in [0.29, 0.717) is 42.9 Å². The normalized spacial score (nSPS) is 16.0. The van der Waals surface area contributed by atoms with Gasteiger partial charge in [0.25, 0.3) is 5.56 Å². The van der Waals surface area contributed by atoms with Crippen molar-refractivity contribution in [2.75, 3.05) is 24.2 Å². The van der Waals surface area contributed by atoms with E-state index in [9.17, 15) is 17.6 Å². The minimum Gasteiger partial charge on any atom is -0.351 e. The molecule has 1 N–H and O–H groups in total. The maximum atomic E-state index is 14.2. The van der Waals surface area contributed by atoms with E-state index >= 15 is 0 Å². The average Bonchev–Trinajstić information content (AvgIpc) is 2.77. The molecule has 1 aliphatic heterocycles.